The van der Waals surface area contributed by atoms with Gasteiger partial charge in [-0.1, -0.05) is 0 Å². The van der Waals surface area contributed by atoms with Crippen LogP contribution in [0.25, 0.3) is 0 Å². The maximum atomic E-state index is 11.5. The standard InChI is InChI=1S/C13H18N2O4/c1-13(2,3)19-12(17)18-11(16)8-10(14)9-4-6-15-7-5-9/h4-7,10H,8,14H2,1-3H3/t10-/m0/s1. The van der Waals surface area contributed by atoms with Crippen molar-refractivity contribution in [1.82, 2.24) is 4.98 Å². The second-order valence-corrected chi connectivity index (χ2v) is 5.03. The molecule has 0 saturated carbocycles. The zero-order chi connectivity index (χ0) is 14.5. The average molecular weight is 266 g/mol. The van der Waals surface area contributed by atoms with Crippen molar-refractivity contribution in [3.8, 4) is 0 Å². The summed E-state index contributed by atoms with van der Waals surface area (Å²) in [6.07, 6.45) is 2.03. The Balaban J connectivity index is 2.46. The molecule has 6 nitrogen and oxygen atoms in total. The van der Waals surface area contributed by atoms with Gasteiger partial charge in [-0.05, 0) is 38.5 Å². The Morgan fingerprint density at radius 2 is 1.89 bits per heavy atom. The minimum atomic E-state index is -1.01. The van der Waals surface area contributed by atoms with Crippen LogP contribution in [0.15, 0.2) is 24.5 Å². The number of carbonyl (C=O) groups excluding carboxylic acids is 2. The zero-order valence-corrected chi connectivity index (χ0v) is 11.3. The van der Waals surface area contributed by atoms with Gasteiger partial charge in [0.05, 0.1) is 6.42 Å². The van der Waals surface area contributed by atoms with Crippen molar-refractivity contribution in [3.05, 3.63) is 30.1 Å². The Labute approximate surface area is 111 Å². The molecule has 1 aromatic heterocycles. The number of esters is 1. The molecule has 2 N–H and O–H groups in total. The van der Waals surface area contributed by atoms with E-state index < -0.39 is 23.8 Å². The van der Waals surface area contributed by atoms with Crippen molar-refractivity contribution >= 4 is 12.1 Å². The summed E-state index contributed by atoms with van der Waals surface area (Å²) in [5.74, 6) is -0.724. The van der Waals surface area contributed by atoms with Gasteiger partial charge in [0.25, 0.3) is 0 Å². The van der Waals surface area contributed by atoms with E-state index in [1.807, 2.05) is 0 Å². The van der Waals surface area contributed by atoms with E-state index in [2.05, 4.69) is 9.72 Å². The third-order valence-electron chi connectivity index (χ3n) is 2.11. The summed E-state index contributed by atoms with van der Waals surface area (Å²) >= 11 is 0. The molecular weight excluding hydrogens is 248 g/mol. The van der Waals surface area contributed by atoms with Gasteiger partial charge in [0.2, 0.25) is 0 Å². The third kappa shape index (κ3) is 5.96. The van der Waals surface area contributed by atoms with E-state index >= 15 is 0 Å². The molecule has 0 spiro atoms. The Bertz CT molecular complexity index is 440. The van der Waals surface area contributed by atoms with Gasteiger partial charge < -0.3 is 15.2 Å². The molecule has 0 radical (unpaired) electrons. The van der Waals surface area contributed by atoms with E-state index in [-0.39, 0.29) is 6.42 Å². The zero-order valence-electron chi connectivity index (χ0n) is 11.3. The molecule has 0 aliphatic heterocycles. The van der Waals surface area contributed by atoms with E-state index in [1.54, 1.807) is 45.3 Å². The number of hydrogen-bond donors (Lipinski definition) is 1. The second kappa shape index (κ2) is 6.29. The van der Waals surface area contributed by atoms with Gasteiger partial charge in [-0.25, -0.2) is 4.79 Å². The molecule has 0 aliphatic carbocycles. The molecule has 0 aromatic carbocycles. The number of nitrogens with two attached hydrogens (primary N) is 1. The van der Waals surface area contributed by atoms with Crippen LogP contribution < -0.4 is 5.73 Å². The molecule has 0 amide bonds. The van der Waals surface area contributed by atoms with Crippen LogP contribution in [-0.2, 0) is 14.3 Å². The lowest BCUT2D eigenvalue weighted by molar-refractivity contribution is -0.141. The molecule has 1 aromatic rings. The maximum Gasteiger partial charge on any atom is 0.516 e. The molecule has 1 heterocycles. The minimum Gasteiger partial charge on any atom is -0.428 e. The van der Waals surface area contributed by atoms with Crippen LogP contribution in [0.4, 0.5) is 4.79 Å². The predicted molar refractivity (Wildman–Crippen MR) is 68.1 cm³/mol. The molecular formula is C13H18N2O4. The fourth-order valence-corrected chi connectivity index (χ4v) is 1.31. The maximum absolute atomic E-state index is 11.5. The monoisotopic (exact) mass is 266 g/mol. The molecule has 0 fully saturated rings. The van der Waals surface area contributed by atoms with Gasteiger partial charge in [-0.2, -0.15) is 0 Å². The fraction of sp³-hybridized carbons (Fsp3) is 0.462. The Morgan fingerprint density at radius 1 is 1.32 bits per heavy atom. The highest BCUT2D eigenvalue weighted by Crippen LogP contribution is 2.14. The molecule has 1 atom stereocenters. The van der Waals surface area contributed by atoms with Crippen LogP contribution in [0, 0.1) is 0 Å². The van der Waals surface area contributed by atoms with Crippen molar-refractivity contribution in [3.63, 3.8) is 0 Å². The van der Waals surface area contributed by atoms with Crippen LogP contribution in [-0.4, -0.2) is 22.7 Å². The largest absolute Gasteiger partial charge is 0.516 e. The van der Waals surface area contributed by atoms with Crippen LogP contribution in [0.2, 0.25) is 0 Å². The summed E-state index contributed by atoms with van der Waals surface area (Å²) in [7, 11) is 0. The fourth-order valence-electron chi connectivity index (χ4n) is 1.31. The summed E-state index contributed by atoms with van der Waals surface area (Å²) in [4.78, 5) is 26.6. The molecule has 19 heavy (non-hydrogen) atoms. The molecule has 104 valence electrons. The molecule has 0 bridgehead atoms. The van der Waals surface area contributed by atoms with Crippen LogP contribution in [0.5, 0.6) is 0 Å². The highest BCUT2D eigenvalue weighted by atomic mass is 16.7. The lowest BCUT2D eigenvalue weighted by atomic mass is 10.1. The van der Waals surface area contributed by atoms with Crippen LogP contribution >= 0.6 is 0 Å². The first-order valence-corrected chi connectivity index (χ1v) is 5.87. The number of nitrogens with zero attached hydrogens (tertiary/aromatic N) is 1. The lowest BCUT2D eigenvalue weighted by Gasteiger charge is -2.18. The summed E-state index contributed by atoms with van der Waals surface area (Å²) in [6, 6.07) is 2.86. The Morgan fingerprint density at radius 3 is 2.42 bits per heavy atom. The first-order chi connectivity index (χ1) is 8.78. The average Bonchev–Trinajstić information content (AvgIpc) is 2.27. The molecule has 0 saturated heterocycles. The summed E-state index contributed by atoms with van der Waals surface area (Å²) in [6.45, 7) is 5.05. The third-order valence-corrected chi connectivity index (χ3v) is 2.11. The molecule has 0 unspecified atom stereocenters. The van der Waals surface area contributed by atoms with Gasteiger partial charge in [0.1, 0.15) is 5.60 Å². The first-order valence-electron chi connectivity index (χ1n) is 5.87. The van der Waals surface area contributed by atoms with Crippen molar-refractivity contribution in [2.24, 2.45) is 5.73 Å². The van der Waals surface area contributed by atoms with Gasteiger partial charge in [-0.3, -0.25) is 9.78 Å². The quantitative estimate of drug-likeness (QED) is 0.664. The van der Waals surface area contributed by atoms with E-state index in [4.69, 9.17) is 10.5 Å². The summed E-state index contributed by atoms with van der Waals surface area (Å²) in [5, 5.41) is 0. The SMILES string of the molecule is CC(C)(C)OC(=O)OC(=O)C[C@H](N)c1ccncc1. The number of aromatic nitrogens is 1. The van der Waals surface area contributed by atoms with Gasteiger partial charge in [0, 0.05) is 18.4 Å². The summed E-state index contributed by atoms with van der Waals surface area (Å²) < 4.78 is 9.39. The Kier molecular flexibility index (Phi) is 5.00. The lowest BCUT2D eigenvalue weighted by Crippen LogP contribution is -2.27. The van der Waals surface area contributed by atoms with Gasteiger partial charge in [-0.15, -0.1) is 0 Å². The number of rotatable bonds is 3. The van der Waals surface area contributed by atoms with Gasteiger partial charge in [0.15, 0.2) is 0 Å². The predicted octanol–water partition coefficient (Wildman–Crippen LogP) is 1.95. The number of ether oxygens (including phenoxy) is 2. The second-order valence-electron chi connectivity index (χ2n) is 5.03. The van der Waals surface area contributed by atoms with E-state index in [0.29, 0.717) is 0 Å². The highest BCUT2D eigenvalue weighted by molar-refractivity contribution is 5.82. The molecule has 1 rings (SSSR count). The van der Waals surface area contributed by atoms with Crippen LogP contribution in [0.3, 0.4) is 0 Å². The number of carbonyl (C=O) groups is 2. The smallest absolute Gasteiger partial charge is 0.428 e. The topological polar surface area (TPSA) is 91.5 Å². The van der Waals surface area contributed by atoms with E-state index in [0.717, 1.165) is 5.56 Å². The first kappa shape index (κ1) is 15.1. The highest BCUT2D eigenvalue weighted by Gasteiger charge is 2.21. The number of pyridine rings is 1. The Hall–Kier alpha value is -1.95. The van der Waals surface area contributed by atoms with Crippen molar-refractivity contribution < 1.29 is 19.1 Å². The number of hydrogen-bond acceptors (Lipinski definition) is 6. The minimum absolute atomic E-state index is 0.108. The normalized spacial score (nSPS) is 12.6. The summed E-state index contributed by atoms with van der Waals surface area (Å²) in [5.41, 5.74) is 5.86. The van der Waals surface area contributed by atoms with E-state index in [1.165, 1.54) is 0 Å². The molecule has 6 heteroatoms. The van der Waals surface area contributed by atoms with Gasteiger partial charge >= 0.3 is 12.1 Å². The van der Waals surface area contributed by atoms with Crippen molar-refractivity contribution in [1.29, 1.82) is 0 Å². The molecule has 0 aliphatic rings. The van der Waals surface area contributed by atoms with E-state index in [9.17, 15) is 9.59 Å². The van der Waals surface area contributed by atoms with Crippen molar-refractivity contribution in [2.45, 2.75) is 38.8 Å². The van der Waals surface area contributed by atoms with Crippen molar-refractivity contribution in [2.75, 3.05) is 0 Å². The van der Waals surface area contributed by atoms with Crippen LogP contribution in [0.1, 0.15) is 38.8 Å².